The molecule has 1 aromatic carbocycles. The van der Waals surface area contributed by atoms with Crippen molar-refractivity contribution in [3.63, 3.8) is 0 Å². The average molecular weight is 429 g/mol. The summed E-state index contributed by atoms with van der Waals surface area (Å²) in [6.45, 7) is 2.18. The molecule has 4 aromatic rings. The van der Waals surface area contributed by atoms with Gasteiger partial charge in [-0.25, -0.2) is 9.37 Å². The highest BCUT2D eigenvalue weighted by atomic mass is 32.1. The molecule has 0 aliphatic carbocycles. The van der Waals surface area contributed by atoms with Crippen molar-refractivity contribution in [3.8, 4) is 17.0 Å². The van der Waals surface area contributed by atoms with Crippen LogP contribution in [0.1, 0.15) is 20.9 Å². The van der Waals surface area contributed by atoms with Crippen LogP contribution >= 0.6 is 22.7 Å². The number of thiophene rings is 1. The van der Waals surface area contributed by atoms with Crippen molar-refractivity contribution in [2.75, 3.05) is 5.32 Å². The summed E-state index contributed by atoms with van der Waals surface area (Å²) in [7, 11) is 1.86. The zero-order valence-electron chi connectivity index (χ0n) is 15.7. The lowest BCUT2D eigenvalue weighted by Gasteiger charge is -2.04. The number of amides is 1. The standard InChI is InChI=1S/C20H17FN4O2S2/c1-12-16(8-25(2)24-12)17-11-29-20(22-17)23-19(26)18-6-13(10-28-18)9-27-15-5-3-4-14(21)7-15/h3-8,10-11H,9H2,1-2H3,(H,22,23,26). The molecule has 0 saturated heterocycles. The van der Waals surface area contributed by atoms with E-state index in [4.69, 9.17) is 4.74 Å². The SMILES string of the molecule is Cc1nn(C)cc1-c1csc(NC(=O)c2cc(COc3cccc(F)c3)cs2)n1. The number of ether oxygens (including phenoxy) is 1. The molecule has 3 heterocycles. The molecular weight excluding hydrogens is 411 g/mol. The summed E-state index contributed by atoms with van der Waals surface area (Å²) < 4.78 is 20.5. The largest absolute Gasteiger partial charge is 0.489 e. The van der Waals surface area contributed by atoms with Crippen molar-refractivity contribution in [3.05, 3.63) is 69.2 Å². The van der Waals surface area contributed by atoms with Gasteiger partial charge in [-0.15, -0.1) is 22.7 Å². The molecule has 0 saturated carbocycles. The molecule has 1 amide bonds. The van der Waals surface area contributed by atoms with Gasteiger partial charge in [-0.1, -0.05) is 6.07 Å². The highest BCUT2D eigenvalue weighted by Crippen LogP contribution is 2.27. The molecule has 9 heteroatoms. The molecule has 0 bridgehead atoms. The second kappa shape index (κ2) is 8.14. The summed E-state index contributed by atoms with van der Waals surface area (Å²) in [5, 5.41) is 11.4. The van der Waals surface area contributed by atoms with Gasteiger partial charge in [-0.05, 0) is 30.5 Å². The van der Waals surface area contributed by atoms with Crippen LogP contribution in [0.25, 0.3) is 11.3 Å². The maximum Gasteiger partial charge on any atom is 0.267 e. The topological polar surface area (TPSA) is 69.0 Å². The van der Waals surface area contributed by atoms with E-state index in [0.717, 1.165) is 22.5 Å². The number of rotatable bonds is 6. The van der Waals surface area contributed by atoms with Crippen molar-refractivity contribution >= 4 is 33.7 Å². The second-order valence-electron chi connectivity index (χ2n) is 6.36. The number of nitrogens with zero attached hydrogens (tertiary/aromatic N) is 3. The van der Waals surface area contributed by atoms with Crippen LogP contribution in [0.4, 0.5) is 9.52 Å². The Balaban J connectivity index is 1.39. The zero-order chi connectivity index (χ0) is 20.4. The highest BCUT2D eigenvalue weighted by Gasteiger charge is 2.14. The minimum absolute atomic E-state index is 0.226. The second-order valence-corrected chi connectivity index (χ2v) is 8.13. The highest BCUT2D eigenvalue weighted by molar-refractivity contribution is 7.14. The van der Waals surface area contributed by atoms with Crippen LogP contribution in [0.2, 0.25) is 0 Å². The van der Waals surface area contributed by atoms with Gasteiger partial charge < -0.3 is 4.74 Å². The molecule has 0 aliphatic heterocycles. The van der Waals surface area contributed by atoms with E-state index in [9.17, 15) is 9.18 Å². The Hall–Kier alpha value is -3.04. The van der Waals surface area contributed by atoms with Gasteiger partial charge in [0.1, 0.15) is 18.2 Å². The smallest absolute Gasteiger partial charge is 0.267 e. The Morgan fingerprint density at radius 3 is 2.90 bits per heavy atom. The van der Waals surface area contributed by atoms with Crippen LogP contribution in [-0.4, -0.2) is 20.7 Å². The van der Waals surface area contributed by atoms with Crippen LogP contribution in [0.3, 0.4) is 0 Å². The first-order valence-electron chi connectivity index (χ1n) is 8.71. The number of aromatic nitrogens is 3. The van der Waals surface area contributed by atoms with Gasteiger partial charge in [0.05, 0.1) is 16.3 Å². The number of halogens is 1. The molecule has 0 aliphatic rings. The van der Waals surface area contributed by atoms with E-state index in [0.29, 0.717) is 15.8 Å². The number of hydrogen-bond acceptors (Lipinski definition) is 6. The Morgan fingerprint density at radius 1 is 1.28 bits per heavy atom. The van der Waals surface area contributed by atoms with Crippen molar-refractivity contribution in [2.45, 2.75) is 13.5 Å². The maximum atomic E-state index is 13.2. The fraction of sp³-hybridized carbons (Fsp3) is 0.150. The fourth-order valence-corrected chi connectivity index (χ4v) is 4.26. The van der Waals surface area contributed by atoms with Gasteiger partial charge in [0, 0.05) is 35.8 Å². The van der Waals surface area contributed by atoms with Crippen LogP contribution in [0.15, 0.2) is 47.3 Å². The normalized spacial score (nSPS) is 10.9. The zero-order valence-corrected chi connectivity index (χ0v) is 17.3. The summed E-state index contributed by atoms with van der Waals surface area (Å²) in [5.41, 5.74) is 3.45. The van der Waals surface area contributed by atoms with Crippen LogP contribution in [0.5, 0.6) is 5.75 Å². The van der Waals surface area contributed by atoms with E-state index in [1.54, 1.807) is 22.9 Å². The van der Waals surface area contributed by atoms with Crippen molar-refractivity contribution in [2.24, 2.45) is 7.05 Å². The van der Waals surface area contributed by atoms with E-state index in [2.05, 4.69) is 15.4 Å². The van der Waals surface area contributed by atoms with Crippen molar-refractivity contribution in [1.29, 1.82) is 0 Å². The lowest BCUT2D eigenvalue weighted by Crippen LogP contribution is -2.09. The van der Waals surface area contributed by atoms with Crippen LogP contribution < -0.4 is 10.1 Å². The van der Waals surface area contributed by atoms with Crippen molar-refractivity contribution in [1.82, 2.24) is 14.8 Å². The van der Waals surface area contributed by atoms with Gasteiger partial charge in [0.15, 0.2) is 5.13 Å². The minimum Gasteiger partial charge on any atom is -0.489 e. The predicted octanol–water partition coefficient (Wildman–Crippen LogP) is 4.88. The van der Waals surface area contributed by atoms with Gasteiger partial charge >= 0.3 is 0 Å². The number of hydrogen-bond donors (Lipinski definition) is 1. The molecule has 3 aromatic heterocycles. The summed E-state index contributed by atoms with van der Waals surface area (Å²) in [5.74, 6) is -0.129. The summed E-state index contributed by atoms with van der Waals surface area (Å²) in [6, 6.07) is 7.72. The summed E-state index contributed by atoms with van der Waals surface area (Å²) >= 11 is 2.69. The van der Waals surface area contributed by atoms with E-state index >= 15 is 0 Å². The Bertz CT molecular complexity index is 1160. The number of carbonyl (C=O) groups is 1. The van der Waals surface area contributed by atoms with Crippen LogP contribution in [0, 0.1) is 12.7 Å². The first-order valence-corrected chi connectivity index (χ1v) is 10.5. The summed E-state index contributed by atoms with van der Waals surface area (Å²) in [6.07, 6.45) is 1.90. The molecule has 148 valence electrons. The van der Waals surface area contributed by atoms with E-state index in [-0.39, 0.29) is 18.3 Å². The molecule has 0 radical (unpaired) electrons. The molecule has 6 nitrogen and oxygen atoms in total. The fourth-order valence-electron chi connectivity index (χ4n) is 2.76. The lowest BCUT2D eigenvalue weighted by molar-refractivity contribution is 0.103. The molecule has 4 rings (SSSR count). The first kappa shape index (κ1) is 19.3. The number of carbonyl (C=O) groups excluding carboxylic acids is 1. The molecule has 1 N–H and O–H groups in total. The third-order valence-electron chi connectivity index (χ3n) is 4.09. The number of benzene rings is 1. The summed E-state index contributed by atoms with van der Waals surface area (Å²) in [4.78, 5) is 17.6. The Labute approximate surface area is 174 Å². The number of thiazole rings is 1. The predicted molar refractivity (Wildman–Crippen MR) is 112 cm³/mol. The number of anilines is 1. The molecule has 0 unspecified atom stereocenters. The Morgan fingerprint density at radius 2 is 2.14 bits per heavy atom. The number of aryl methyl sites for hydroxylation is 2. The number of nitrogens with one attached hydrogen (secondary N) is 1. The lowest BCUT2D eigenvalue weighted by atomic mass is 10.2. The van der Waals surface area contributed by atoms with Crippen LogP contribution in [-0.2, 0) is 13.7 Å². The third kappa shape index (κ3) is 4.52. The monoisotopic (exact) mass is 428 g/mol. The van der Waals surface area contributed by atoms with E-state index in [1.807, 2.05) is 30.9 Å². The van der Waals surface area contributed by atoms with Gasteiger partial charge in [0.2, 0.25) is 0 Å². The minimum atomic E-state index is -0.350. The average Bonchev–Trinajstić information content (AvgIpc) is 3.40. The van der Waals surface area contributed by atoms with Gasteiger partial charge in [-0.3, -0.25) is 14.8 Å². The first-order chi connectivity index (χ1) is 14.0. The van der Waals surface area contributed by atoms with Gasteiger partial charge in [0.25, 0.3) is 5.91 Å². The third-order valence-corrected chi connectivity index (χ3v) is 5.83. The molecule has 29 heavy (non-hydrogen) atoms. The van der Waals surface area contributed by atoms with E-state index < -0.39 is 0 Å². The molecule has 0 atom stereocenters. The van der Waals surface area contributed by atoms with Crippen molar-refractivity contribution < 1.29 is 13.9 Å². The van der Waals surface area contributed by atoms with E-state index in [1.165, 1.54) is 34.8 Å². The van der Waals surface area contributed by atoms with Gasteiger partial charge in [-0.2, -0.15) is 5.10 Å². The Kier molecular flexibility index (Phi) is 5.41. The quantitative estimate of drug-likeness (QED) is 0.475. The molecule has 0 spiro atoms. The molecule has 0 fully saturated rings. The maximum absolute atomic E-state index is 13.2. The molecular formula is C20H17FN4O2S2.